The molecule has 0 aliphatic rings. The van der Waals surface area contributed by atoms with Gasteiger partial charge in [0.1, 0.15) is 10.3 Å². The lowest BCUT2D eigenvalue weighted by Gasteiger charge is -2.10. The largest absolute Gasteiger partial charge is 0.379 e. The highest BCUT2D eigenvalue weighted by atomic mass is 79.9. The summed E-state index contributed by atoms with van der Waals surface area (Å²) in [6.07, 6.45) is 2.42. The molecule has 0 spiro atoms. The van der Waals surface area contributed by atoms with Gasteiger partial charge in [0, 0.05) is 13.1 Å². The van der Waals surface area contributed by atoms with Crippen LogP contribution >= 0.6 is 27.5 Å². The van der Waals surface area contributed by atoms with Crippen molar-refractivity contribution >= 4 is 33.2 Å². The Morgan fingerprint density at radius 3 is 2.90 bits per heavy atom. The second-order valence-corrected chi connectivity index (χ2v) is 5.70. The van der Waals surface area contributed by atoms with Gasteiger partial charge in [0.2, 0.25) is 0 Å². The number of hydrogen-bond acceptors (Lipinski definition) is 3. The zero-order chi connectivity index (χ0) is 15.4. The smallest absolute Gasteiger partial charge is 0.283 e. The van der Waals surface area contributed by atoms with Gasteiger partial charge in [-0.25, -0.2) is 9.07 Å². The van der Waals surface area contributed by atoms with E-state index in [2.05, 4.69) is 26.3 Å². The number of aryl methyl sites for hydroxylation is 1. The van der Waals surface area contributed by atoms with Gasteiger partial charge in [-0.15, -0.1) is 0 Å². The Labute approximate surface area is 135 Å². The van der Waals surface area contributed by atoms with Crippen molar-refractivity contribution in [3.05, 3.63) is 55.6 Å². The Balaban J connectivity index is 2.15. The van der Waals surface area contributed by atoms with Gasteiger partial charge in [-0.1, -0.05) is 24.6 Å². The maximum absolute atomic E-state index is 13.1. The van der Waals surface area contributed by atoms with Crippen LogP contribution < -0.4 is 10.9 Å². The summed E-state index contributed by atoms with van der Waals surface area (Å²) in [6.45, 7) is 2.97. The lowest BCUT2D eigenvalue weighted by molar-refractivity contribution is 0.566. The first kappa shape index (κ1) is 16.0. The van der Waals surface area contributed by atoms with Crippen molar-refractivity contribution < 1.29 is 4.39 Å². The molecule has 1 heterocycles. The Hall–Kier alpha value is -1.40. The van der Waals surface area contributed by atoms with Crippen LogP contribution in [-0.2, 0) is 13.1 Å². The quantitative estimate of drug-likeness (QED) is 0.865. The molecule has 1 aromatic carbocycles. The number of rotatable bonds is 5. The average molecular weight is 375 g/mol. The number of aromatic nitrogens is 2. The molecular weight excluding hydrogens is 361 g/mol. The van der Waals surface area contributed by atoms with Crippen molar-refractivity contribution in [2.45, 2.75) is 26.4 Å². The number of anilines is 1. The molecule has 0 aliphatic heterocycles. The number of nitrogens with zero attached hydrogens (tertiary/aromatic N) is 2. The molecular formula is C14H14BrClFN3O. The standard InChI is InChI=1S/C14H14BrClFN3O/c1-2-5-20-14(21)13(15)12(8-19-20)18-7-9-3-4-11(17)10(16)6-9/h3-4,6,8,18H,2,5,7H2,1H3. The fourth-order valence-corrected chi connectivity index (χ4v) is 2.46. The van der Waals surface area contributed by atoms with Gasteiger partial charge in [-0.05, 0) is 40.0 Å². The summed E-state index contributed by atoms with van der Waals surface area (Å²) < 4.78 is 14.9. The molecule has 1 N–H and O–H groups in total. The van der Waals surface area contributed by atoms with Crippen LogP contribution in [0.5, 0.6) is 0 Å². The van der Waals surface area contributed by atoms with Crippen LogP contribution in [0.15, 0.2) is 33.7 Å². The van der Waals surface area contributed by atoms with Gasteiger partial charge in [0.05, 0.1) is 16.9 Å². The zero-order valence-corrected chi connectivity index (χ0v) is 13.7. The summed E-state index contributed by atoms with van der Waals surface area (Å²) in [5.74, 6) is -0.453. The first-order valence-electron chi connectivity index (χ1n) is 6.46. The molecule has 4 nitrogen and oxygen atoms in total. The second kappa shape index (κ2) is 7.04. The van der Waals surface area contributed by atoms with Crippen LogP contribution in [0.4, 0.5) is 10.1 Å². The van der Waals surface area contributed by atoms with Crippen LogP contribution in [0.1, 0.15) is 18.9 Å². The number of hydrogen-bond donors (Lipinski definition) is 1. The van der Waals surface area contributed by atoms with E-state index in [-0.39, 0.29) is 10.6 Å². The fraction of sp³-hybridized carbons (Fsp3) is 0.286. The Bertz CT molecular complexity index is 705. The second-order valence-electron chi connectivity index (χ2n) is 4.50. The van der Waals surface area contributed by atoms with Crippen LogP contribution in [0.2, 0.25) is 5.02 Å². The molecule has 21 heavy (non-hydrogen) atoms. The van der Waals surface area contributed by atoms with Crippen molar-refractivity contribution in [1.29, 1.82) is 0 Å². The van der Waals surface area contributed by atoms with E-state index in [0.29, 0.717) is 23.2 Å². The van der Waals surface area contributed by atoms with E-state index < -0.39 is 5.82 Å². The Morgan fingerprint density at radius 1 is 1.48 bits per heavy atom. The van der Waals surface area contributed by atoms with Crippen LogP contribution in [-0.4, -0.2) is 9.78 Å². The van der Waals surface area contributed by atoms with Crippen LogP contribution in [0, 0.1) is 5.82 Å². The number of nitrogens with one attached hydrogen (secondary N) is 1. The third-order valence-electron chi connectivity index (χ3n) is 2.89. The van der Waals surface area contributed by atoms with Gasteiger partial charge in [-0.3, -0.25) is 4.79 Å². The van der Waals surface area contributed by atoms with Gasteiger partial charge >= 0.3 is 0 Å². The number of halogens is 3. The predicted octanol–water partition coefficient (Wildman–Crippen LogP) is 3.82. The summed E-state index contributed by atoms with van der Waals surface area (Å²) >= 11 is 9.01. The zero-order valence-electron chi connectivity index (χ0n) is 11.4. The predicted molar refractivity (Wildman–Crippen MR) is 85.2 cm³/mol. The van der Waals surface area contributed by atoms with E-state index in [1.807, 2.05) is 6.92 Å². The summed E-state index contributed by atoms with van der Waals surface area (Å²) in [6, 6.07) is 4.49. The molecule has 0 bridgehead atoms. The normalized spacial score (nSPS) is 10.7. The average Bonchev–Trinajstić information content (AvgIpc) is 2.47. The molecule has 2 aromatic rings. The number of benzene rings is 1. The summed E-state index contributed by atoms with van der Waals surface area (Å²) in [4.78, 5) is 12.0. The summed E-state index contributed by atoms with van der Waals surface area (Å²) in [5.41, 5.74) is 1.22. The minimum Gasteiger partial charge on any atom is -0.379 e. The van der Waals surface area contributed by atoms with Gasteiger partial charge in [-0.2, -0.15) is 5.10 Å². The molecule has 0 atom stereocenters. The van der Waals surface area contributed by atoms with E-state index in [0.717, 1.165) is 12.0 Å². The molecule has 0 fully saturated rings. The minimum atomic E-state index is -0.453. The first-order valence-corrected chi connectivity index (χ1v) is 7.63. The highest BCUT2D eigenvalue weighted by molar-refractivity contribution is 9.10. The topological polar surface area (TPSA) is 46.9 Å². The van der Waals surface area contributed by atoms with E-state index >= 15 is 0 Å². The molecule has 0 radical (unpaired) electrons. The maximum Gasteiger partial charge on any atom is 0.283 e. The van der Waals surface area contributed by atoms with Gasteiger partial charge < -0.3 is 5.32 Å². The summed E-state index contributed by atoms with van der Waals surface area (Å²) in [7, 11) is 0. The highest BCUT2D eigenvalue weighted by Gasteiger charge is 2.08. The van der Waals surface area contributed by atoms with Crippen LogP contribution in [0.3, 0.4) is 0 Å². The molecule has 7 heteroatoms. The molecule has 0 saturated carbocycles. The highest BCUT2D eigenvalue weighted by Crippen LogP contribution is 2.19. The summed E-state index contributed by atoms with van der Waals surface area (Å²) in [5, 5.41) is 7.25. The van der Waals surface area contributed by atoms with Gasteiger partial charge in [0.25, 0.3) is 5.56 Å². The molecule has 112 valence electrons. The van der Waals surface area contributed by atoms with E-state index in [4.69, 9.17) is 11.6 Å². The molecule has 0 aliphatic carbocycles. The van der Waals surface area contributed by atoms with Crippen molar-refractivity contribution in [3.63, 3.8) is 0 Å². The van der Waals surface area contributed by atoms with Crippen molar-refractivity contribution in [1.82, 2.24) is 9.78 Å². The lowest BCUT2D eigenvalue weighted by atomic mass is 10.2. The maximum atomic E-state index is 13.1. The molecule has 0 unspecified atom stereocenters. The fourth-order valence-electron chi connectivity index (χ4n) is 1.81. The minimum absolute atomic E-state index is 0.0739. The Morgan fingerprint density at radius 2 is 2.24 bits per heavy atom. The van der Waals surface area contributed by atoms with E-state index in [1.165, 1.54) is 10.7 Å². The Kier molecular flexibility index (Phi) is 5.36. The molecule has 1 aromatic heterocycles. The molecule has 2 rings (SSSR count). The van der Waals surface area contributed by atoms with Crippen LogP contribution in [0.25, 0.3) is 0 Å². The van der Waals surface area contributed by atoms with E-state index in [9.17, 15) is 9.18 Å². The van der Waals surface area contributed by atoms with E-state index in [1.54, 1.807) is 18.3 Å². The third kappa shape index (κ3) is 3.83. The molecule has 0 amide bonds. The molecule has 0 saturated heterocycles. The van der Waals surface area contributed by atoms with Crippen molar-refractivity contribution in [3.8, 4) is 0 Å². The monoisotopic (exact) mass is 373 g/mol. The van der Waals surface area contributed by atoms with Crippen molar-refractivity contribution in [2.75, 3.05) is 5.32 Å². The third-order valence-corrected chi connectivity index (χ3v) is 3.94. The first-order chi connectivity index (χ1) is 10.0. The van der Waals surface area contributed by atoms with Crippen molar-refractivity contribution in [2.24, 2.45) is 0 Å². The van der Waals surface area contributed by atoms with Gasteiger partial charge in [0.15, 0.2) is 0 Å². The SMILES string of the molecule is CCCn1ncc(NCc2ccc(F)c(Cl)c2)c(Br)c1=O. The lowest BCUT2D eigenvalue weighted by Crippen LogP contribution is -2.24.